The Kier molecular flexibility index (Phi) is 5.38. The summed E-state index contributed by atoms with van der Waals surface area (Å²) in [6.07, 6.45) is 5.92. The van der Waals surface area contributed by atoms with Gasteiger partial charge in [0.05, 0.1) is 12.0 Å². The van der Waals surface area contributed by atoms with Gasteiger partial charge in [-0.15, -0.1) is 0 Å². The molecule has 158 valence electrons. The maximum absolute atomic E-state index is 14.0. The van der Waals surface area contributed by atoms with Crippen molar-refractivity contribution >= 4 is 5.91 Å². The van der Waals surface area contributed by atoms with Crippen LogP contribution in [0.5, 0.6) is 0 Å². The summed E-state index contributed by atoms with van der Waals surface area (Å²) < 4.78 is 5.74. The molecule has 3 atom stereocenters. The molecule has 0 N–H and O–H groups in total. The first-order valence-corrected chi connectivity index (χ1v) is 11.4. The summed E-state index contributed by atoms with van der Waals surface area (Å²) in [5, 5.41) is 0. The molecular formula is C26H32N2O2. The van der Waals surface area contributed by atoms with E-state index in [9.17, 15) is 4.79 Å². The number of rotatable bonds is 4. The van der Waals surface area contributed by atoms with Crippen LogP contribution in [0.15, 0.2) is 48.5 Å². The Morgan fingerprint density at radius 3 is 2.17 bits per heavy atom. The molecule has 2 fully saturated rings. The smallest absolute Gasteiger partial charge is 0.234 e. The summed E-state index contributed by atoms with van der Waals surface area (Å²) in [7, 11) is 3.83. The molecule has 1 aliphatic heterocycles. The van der Waals surface area contributed by atoms with E-state index in [-0.39, 0.29) is 24.0 Å². The summed E-state index contributed by atoms with van der Waals surface area (Å²) in [5.41, 5.74) is 4.70. The fourth-order valence-corrected chi connectivity index (χ4v) is 6.01. The molecule has 3 aliphatic rings. The number of likely N-dealkylation sites (N-methyl/N-ethyl adjacent to an activating group) is 1. The number of methoxy groups -OCH3 is 1. The van der Waals surface area contributed by atoms with Gasteiger partial charge in [0.25, 0.3) is 0 Å². The maximum atomic E-state index is 14.0. The van der Waals surface area contributed by atoms with Crippen LogP contribution in [0.25, 0.3) is 11.1 Å². The second-order valence-electron chi connectivity index (χ2n) is 9.11. The average molecular weight is 405 g/mol. The first-order valence-electron chi connectivity index (χ1n) is 11.4. The summed E-state index contributed by atoms with van der Waals surface area (Å²) in [4.78, 5) is 18.7. The third-order valence-electron chi connectivity index (χ3n) is 7.60. The molecule has 1 heterocycles. The van der Waals surface area contributed by atoms with Gasteiger partial charge in [-0.1, -0.05) is 48.5 Å². The van der Waals surface area contributed by atoms with Crippen LogP contribution in [0.2, 0.25) is 0 Å². The molecule has 2 aromatic rings. The predicted octanol–water partition coefficient (Wildman–Crippen LogP) is 4.29. The molecule has 1 saturated carbocycles. The third-order valence-corrected chi connectivity index (χ3v) is 7.60. The van der Waals surface area contributed by atoms with Gasteiger partial charge in [-0.05, 0) is 67.4 Å². The lowest BCUT2D eigenvalue weighted by Crippen LogP contribution is -2.56. The van der Waals surface area contributed by atoms with E-state index >= 15 is 0 Å². The third kappa shape index (κ3) is 3.27. The van der Waals surface area contributed by atoms with E-state index in [0.29, 0.717) is 6.04 Å². The van der Waals surface area contributed by atoms with Crippen LogP contribution in [-0.4, -0.2) is 61.1 Å². The van der Waals surface area contributed by atoms with Crippen molar-refractivity contribution in [2.24, 2.45) is 0 Å². The van der Waals surface area contributed by atoms with Gasteiger partial charge in [0, 0.05) is 26.2 Å². The molecule has 1 amide bonds. The average Bonchev–Trinajstić information content (AvgIpc) is 3.44. The zero-order valence-electron chi connectivity index (χ0n) is 18.1. The van der Waals surface area contributed by atoms with E-state index in [1.807, 2.05) is 14.2 Å². The summed E-state index contributed by atoms with van der Waals surface area (Å²) in [5.74, 6) is 0.0166. The lowest BCUT2D eigenvalue weighted by Gasteiger charge is -2.45. The van der Waals surface area contributed by atoms with Gasteiger partial charge in [0.15, 0.2) is 0 Å². The predicted molar refractivity (Wildman–Crippen MR) is 120 cm³/mol. The number of fused-ring (bicyclic) bond motifs is 3. The number of hydrogen-bond donors (Lipinski definition) is 0. The normalized spacial score (nSPS) is 26.4. The Bertz CT molecular complexity index is 875. The van der Waals surface area contributed by atoms with Crippen LogP contribution in [0, 0.1) is 0 Å². The molecule has 30 heavy (non-hydrogen) atoms. The monoisotopic (exact) mass is 404 g/mol. The van der Waals surface area contributed by atoms with Gasteiger partial charge in [-0.2, -0.15) is 0 Å². The van der Waals surface area contributed by atoms with Crippen molar-refractivity contribution in [3.8, 4) is 11.1 Å². The Hall–Kier alpha value is -2.17. The van der Waals surface area contributed by atoms with E-state index < -0.39 is 0 Å². The Balaban J connectivity index is 1.47. The largest absolute Gasteiger partial charge is 0.381 e. The molecule has 2 aliphatic carbocycles. The van der Waals surface area contributed by atoms with Crippen molar-refractivity contribution in [1.29, 1.82) is 0 Å². The lowest BCUT2D eigenvalue weighted by atomic mass is 9.85. The molecule has 1 saturated heterocycles. The topological polar surface area (TPSA) is 32.8 Å². The summed E-state index contributed by atoms with van der Waals surface area (Å²) >= 11 is 0. The highest BCUT2D eigenvalue weighted by Gasteiger charge is 2.42. The van der Waals surface area contributed by atoms with Crippen molar-refractivity contribution in [3.05, 3.63) is 59.7 Å². The first-order chi connectivity index (χ1) is 14.7. The van der Waals surface area contributed by atoms with E-state index in [0.717, 1.165) is 43.5 Å². The standard InChI is InChI=1S/C26H32N2O2/c1-27(24-17-18(30-2)13-14-23(24)28-15-7-8-16-28)26(29)25-21-11-5-3-9-19(21)20-10-4-6-12-22(20)25/h3-6,9-12,18,23-25H,7-8,13-17H2,1-2H3/t18-,23+,24+/m0/s1. The van der Waals surface area contributed by atoms with Crippen molar-refractivity contribution in [2.75, 3.05) is 27.2 Å². The molecule has 0 radical (unpaired) electrons. The Morgan fingerprint density at radius 1 is 0.967 bits per heavy atom. The zero-order valence-corrected chi connectivity index (χ0v) is 18.1. The molecule has 0 unspecified atom stereocenters. The number of hydrogen-bond acceptors (Lipinski definition) is 3. The van der Waals surface area contributed by atoms with Crippen LogP contribution < -0.4 is 0 Å². The summed E-state index contributed by atoms with van der Waals surface area (Å²) in [6.45, 7) is 2.33. The van der Waals surface area contributed by atoms with E-state index in [1.165, 1.54) is 24.0 Å². The fourth-order valence-electron chi connectivity index (χ4n) is 6.01. The highest BCUT2D eigenvalue weighted by molar-refractivity contribution is 5.96. The van der Waals surface area contributed by atoms with E-state index in [1.54, 1.807) is 0 Å². The van der Waals surface area contributed by atoms with Crippen LogP contribution in [0.3, 0.4) is 0 Å². The van der Waals surface area contributed by atoms with Crippen molar-refractivity contribution in [2.45, 2.75) is 56.2 Å². The molecule has 0 bridgehead atoms. The minimum atomic E-state index is -0.204. The zero-order chi connectivity index (χ0) is 20.7. The molecule has 0 aromatic heterocycles. The van der Waals surface area contributed by atoms with Gasteiger partial charge < -0.3 is 9.64 Å². The van der Waals surface area contributed by atoms with Crippen LogP contribution >= 0.6 is 0 Å². The molecule has 0 spiro atoms. The van der Waals surface area contributed by atoms with Gasteiger partial charge >= 0.3 is 0 Å². The van der Waals surface area contributed by atoms with Crippen LogP contribution in [0.1, 0.15) is 49.1 Å². The Morgan fingerprint density at radius 2 is 1.57 bits per heavy atom. The lowest BCUT2D eigenvalue weighted by molar-refractivity contribution is -0.136. The number of nitrogens with zero attached hydrogens (tertiary/aromatic N) is 2. The fraction of sp³-hybridized carbons (Fsp3) is 0.500. The van der Waals surface area contributed by atoms with Gasteiger partial charge in [-0.25, -0.2) is 0 Å². The number of amides is 1. The number of benzene rings is 2. The number of carbonyl (C=O) groups excluding carboxylic acids is 1. The molecular weight excluding hydrogens is 372 g/mol. The first kappa shape index (κ1) is 19.8. The highest BCUT2D eigenvalue weighted by atomic mass is 16.5. The maximum Gasteiger partial charge on any atom is 0.234 e. The number of carbonyl (C=O) groups is 1. The molecule has 4 nitrogen and oxygen atoms in total. The van der Waals surface area contributed by atoms with Crippen molar-refractivity contribution in [3.63, 3.8) is 0 Å². The second-order valence-corrected chi connectivity index (χ2v) is 9.11. The number of ether oxygens (including phenoxy) is 1. The van der Waals surface area contributed by atoms with E-state index in [2.05, 4.69) is 58.3 Å². The van der Waals surface area contributed by atoms with Crippen molar-refractivity contribution in [1.82, 2.24) is 9.80 Å². The van der Waals surface area contributed by atoms with Crippen LogP contribution in [0.4, 0.5) is 0 Å². The van der Waals surface area contributed by atoms with Gasteiger partial charge in [0.2, 0.25) is 5.91 Å². The van der Waals surface area contributed by atoms with Gasteiger partial charge in [0.1, 0.15) is 0 Å². The number of likely N-dealkylation sites (tertiary alicyclic amines) is 1. The minimum absolute atomic E-state index is 0.203. The quantitative estimate of drug-likeness (QED) is 0.762. The van der Waals surface area contributed by atoms with E-state index in [4.69, 9.17) is 4.74 Å². The SMILES string of the molecule is CO[C@H]1CC[C@@H](N2CCCC2)[C@H](N(C)C(=O)C2c3ccccc3-c3ccccc32)C1. The molecule has 4 heteroatoms. The molecule has 5 rings (SSSR count). The summed E-state index contributed by atoms with van der Waals surface area (Å²) in [6, 6.07) is 17.4. The minimum Gasteiger partial charge on any atom is -0.381 e. The molecule has 2 aromatic carbocycles. The van der Waals surface area contributed by atoms with Crippen molar-refractivity contribution < 1.29 is 9.53 Å². The van der Waals surface area contributed by atoms with Crippen LogP contribution in [-0.2, 0) is 9.53 Å². The second kappa shape index (κ2) is 8.16. The van der Waals surface area contributed by atoms with Gasteiger partial charge in [-0.3, -0.25) is 9.69 Å². The Labute approximate surface area is 179 Å². The highest BCUT2D eigenvalue weighted by Crippen LogP contribution is 2.46.